The van der Waals surface area contributed by atoms with Crippen LogP contribution in [0.1, 0.15) is 29.3 Å². The van der Waals surface area contributed by atoms with Crippen molar-refractivity contribution in [1.82, 2.24) is 9.47 Å². The molecule has 0 amide bonds. The van der Waals surface area contributed by atoms with Crippen molar-refractivity contribution < 1.29 is 9.47 Å². The summed E-state index contributed by atoms with van der Waals surface area (Å²) in [6.07, 6.45) is 3.26. The lowest BCUT2D eigenvalue weighted by molar-refractivity contribution is 0.217. The van der Waals surface area contributed by atoms with E-state index in [2.05, 4.69) is 46.0 Å². The van der Waals surface area contributed by atoms with Gasteiger partial charge >= 0.3 is 0 Å². The average molecular weight is 397 g/mol. The summed E-state index contributed by atoms with van der Waals surface area (Å²) >= 11 is 6.34. The van der Waals surface area contributed by atoms with E-state index in [1.807, 2.05) is 24.3 Å². The minimum atomic E-state index is 0.132. The highest BCUT2D eigenvalue weighted by Gasteiger charge is 2.28. The SMILES string of the molecule is COc1ccc(OC)c(CN2CCCn3cccc3[C@H]2c2cccc(Cl)c2)c1. The number of rotatable bonds is 5. The van der Waals surface area contributed by atoms with Gasteiger partial charge in [0.25, 0.3) is 0 Å². The van der Waals surface area contributed by atoms with Crippen LogP contribution in [0.4, 0.5) is 0 Å². The fourth-order valence-electron chi connectivity index (χ4n) is 4.09. The van der Waals surface area contributed by atoms with Crippen LogP contribution in [0.15, 0.2) is 60.8 Å². The Kier molecular flexibility index (Phi) is 5.60. The van der Waals surface area contributed by atoms with Gasteiger partial charge in [-0.1, -0.05) is 23.7 Å². The number of nitrogens with zero attached hydrogens (tertiary/aromatic N) is 2. The van der Waals surface area contributed by atoms with E-state index in [-0.39, 0.29) is 6.04 Å². The highest BCUT2D eigenvalue weighted by molar-refractivity contribution is 6.30. The minimum Gasteiger partial charge on any atom is -0.497 e. The Balaban J connectivity index is 1.76. The summed E-state index contributed by atoms with van der Waals surface area (Å²) in [4.78, 5) is 2.50. The zero-order valence-electron chi connectivity index (χ0n) is 16.3. The van der Waals surface area contributed by atoms with Gasteiger partial charge in [-0.05, 0) is 54.4 Å². The molecule has 5 heteroatoms. The number of aromatic nitrogens is 1. The Morgan fingerprint density at radius 1 is 1.00 bits per heavy atom. The molecular formula is C23H25ClN2O2. The van der Waals surface area contributed by atoms with Gasteiger partial charge in [0.05, 0.1) is 20.3 Å². The predicted molar refractivity (Wildman–Crippen MR) is 112 cm³/mol. The first kappa shape index (κ1) is 18.9. The Morgan fingerprint density at radius 3 is 2.68 bits per heavy atom. The zero-order valence-corrected chi connectivity index (χ0v) is 17.0. The summed E-state index contributed by atoms with van der Waals surface area (Å²) in [6.45, 7) is 2.77. The van der Waals surface area contributed by atoms with Crippen molar-refractivity contribution in [2.45, 2.75) is 25.6 Å². The molecule has 1 aliphatic heterocycles. The largest absolute Gasteiger partial charge is 0.497 e. The van der Waals surface area contributed by atoms with E-state index in [1.165, 1.54) is 11.3 Å². The lowest BCUT2D eigenvalue weighted by atomic mass is 10.0. The van der Waals surface area contributed by atoms with E-state index in [1.54, 1.807) is 14.2 Å². The molecule has 2 heterocycles. The van der Waals surface area contributed by atoms with Crippen molar-refractivity contribution in [3.05, 3.63) is 82.6 Å². The van der Waals surface area contributed by atoms with E-state index in [0.29, 0.717) is 0 Å². The van der Waals surface area contributed by atoms with Gasteiger partial charge < -0.3 is 14.0 Å². The fourth-order valence-corrected chi connectivity index (χ4v) is 4.29. The van der Waals surface area contributed by atoms with Crippen LogP contribution in [-0.4, -0.2) is 30.2 Å². The van der Waals surface area contributed by atoms with Crippen LogP contribution >= 0.6 is 11.6 Å². The normalized spacial score (nSPS) is 17.0. The zero-order chi connectivity index (χ0) is 19.5. The third-order valence-corrected chi connectivity index (χ3v) is 5.61. The Hall–Kier alpha value is -2.43. The van der Waals surface area contributed by atoms with Crippen LogP contribution in [0.2, 0.25) is 5.02 Å². The number of halogens is 1. The summed E-state index contributed by atoms with van der Waals surface area (Å²) in [7, 11) is 3.41. The first-order valence-corrected chi connectivity index (χ1v) is 9.93. The topological polar surface area (TPSA) is 26.6 Å². The third kappa shape index (κ3) is 3.75. The van der Waals surface area contributed by atoms with E-state index < -0.39 is 0 Å². The molecule has 0 unspecified atom stereocenters. The lowest BCUT2D eigenvalue weighted by Crippen LogP contribution is -2.29. The van der Waals surface area contributed by atoms with Crippen LogP contribution < -0.4 is 9.47 Å². The molecule has 2 aromatic carbocycles. The van der Waals surface area contributed by atoms with E-state index >= 15 is 0 Å². The summed E-state index contributed by atoms with van der Waals surface area (Å²) < 4.78 is 13.4. The number of benzene rings is 2. The van der Waals surface area contributed by atoms with Crippen molar-refractivity contribution in [2.75, 3.05) is 20.8 Å². The molecule has 4 rings (SSSR count). The van der Waals surface area contributed by atoms with Gasteiger partial charge in [0.15, 0.2) is 0 Å². The maximum Gasteiger partial charge on any atom is 0.123 e. The molecule has 0 aliphatic carbocycles. The molecule has 1 aliphatic rings. The molecule has 4 nitrogen and oxygen atoms in total. The Labute approximate surface area is 171 Å². The molecule has 0 radical (unpaired) electrons. The van der Waals surface area contributed by atoms with Crippen LogP contribution in [0, 0.1) is 0 Å². The average Bonchev–Trinajstić information content (AvgIpc) is 3.09. The molecule has 1 aromatic heterocycles. The number of aryl methyl sites for hydroxylation is 1. The van der Waals surface area contributed by atoms with Gasteiger partial charge in [-0.15, -0.1) is 0 Å². The van der Waals surface area contributed by atoms with Crippen molar-refractivity contribution in [3.8, 4) is 11.5 Å². The standard InChI is InChI=1S/C23H25ClN2O2/c1-27-20-9-10-22(28-2)18(15-20)16-26-13-5-12-25-11-4-8-21(25)23(26)17-6-3-7-19(24)14-17/h3-4,6-11,14-15,23H,5,12-13,16H2,1-2H3/t23-/m1/s1. The van der Waals surface area contributed by atoms with Gasteiger partial charge in [0.2, 0.25) is 0 Å². The highest BCUT2D eigenvalue weighted by atomic mass is 35.5. The van der Waals surface area contributed by atoms with Crippen LogP contribution in [0.5, 0.6) is 11.5 Å². The summed E-state index contributed by atoms with van der Waals surface area (Å²) in [5.74, 6) is 1.72. The molecular weight excluding hydrogens is 372 g/mol. The van der Waals surface area contributed by atoms with Crippen LogP contribution in [0.3, 0.4) is 0 Å². The predicted octanol–water partition coefficient (Wildman–Crippen LogP) is 5.15. The van der Waals surface area contributed by atoms with Crippen molar-refractivity contribution in [3.63, 3.8) is 0 Å². The second-order valence-corrected chi connectivity index (χ2v) is 7.52. The molecule has 0 N–H and O–H groups in total. The summed E-state index contributed by atoms with van der Waals surface area (Å²) in [6, 6.07) is 18.6. The number of methoxy groups -OCH3 is 2. The van der Waals surface area contributed by atoms with Crippen LogP contribution in [-0.2, 0) is 13.1 Å². The van der Waals surface area contributed by atoms with Crippen LogP contribution in [0.25, 0.3) is 0 Å². The van der Waals surface area contributed by atoms with Crippen molar-refractivity contribution >= 4 is 11.6 Å². The maximum atomic E-state index is 6.34. The molecule has 3 aromatic rings. The Morgan fingerprint density at radius 2 is 1.89 bits per heavy atom. The fraction of sp³-hybridized carbons (Fsp3) is 0.304. The molecule has 0 saturated heterocycles. The molecule has 1 atom stereocenters. The number of hydrogen-bond acceptors (Lipinski definition) is 3. The molecule has 0 bridgehead atoms. The van der Waals surface area contributed by atoms with Gasteiger partial charge in [-0.2, -0.15) is 0 Å². The number of fused-ring (bicyclic) bond motifs is 1. The molecule has 28 heavy (non-hydrogen) atoms. The summed E-state index contributed by atoms with van der Waals surface area (Å²) in [5.41, 5.74) is 3.62. The van der Waals surface area contributed by atoms with E-state index in [9.17, 15) is 0 Å². The monoisotopic (exact) mass is 396 g/mol. The quantitative estimate of drug-likeness (QED) is 0.596. The number of ether oxygens (including phenoxy) is 2. The maximum absolute atomic E-state index is 6.34. The minimum absolute atomic E-state index is 0.132. The first-order chi connectivity index (χ1) is 13.7. The molecule has 0 fully saturated rings. The van der Waals surface area contributed by atoms with E-state index in [0.717, 1.165) is 48.1 Å². The second-order valence-electron chi connectivity index (χ2n) is 7.09. The molecule has 0 spiro atoms. The number of hydrogen-bond donors (Lipinski definition) is 0. The van der Waals surface area contributed by atoms with E-state index in [4.69, 9.17) is 21.1 Å². The van der Waals surface area contributed by atoms with Crippen molar-refractivity contribution in [1.29, 1.82) is 0 Å². The smallest absolute Gasteiger partial charge is 0.123 e. The lowest BCUT2D eigenvalue weighted by Gasteiger charge is -2.31. The van der Waals surface area contributed by atoms with Gasteiger partial charge in [-0.25, -0.2) is 0 Å². The first-order valence-electron chi connectivity index (χ1n) is 9.55. The van der Waals surface area contributed by atoms with Gasteiger partial charge in [0, 0.05) is 42.1 Å². The van der Waals surface area contributed by atoms with Gasteiger partial charge in [0.1, 0.15) is 11.5 Å². The summed E-state index contributed by atoms with van der Waals surface area (Å²) in [5, 5.41) is 0.763. The van der Waals surface area contributed by atoms with Crippen molar-refractivity contribution in [2.24, 2.45) is 0 Å². The molecule has 0 saturated carbocycles. The Bertz CT molecular complexity index is 953. The van der Waals surface area contributed by atoms with Gasteiger partial charge in [-0.3, -0.25) is 4.90 Å². The second kappa shape index (κ2) is 8.29. The molecule has 146 valence electrons. The third-order valence-electron chi connectivity index (χ3n) is 5.38. The highest BCUT2D eigenvalue weighted by Crippen LogP contribution is 2.35.